The minimum Gasteiger partial charge on any atom is -0.194 e. The SMILES string of the molecule is Cc1ccc2cccc3c2c1-c1c(c([Si](C)(C)C)c2ccccc2[n+]1C)P3C. The summed E-state index contributed by atoms with van der Waals surface area (Å²) in [5.74, 6) is 0. The van der Waals surface area contributed by atoms with Crippen LogP contribution in [-0.2, 0) is 7.05 Å². The van der Waals surface area contributed by atoms with Crippen LogP contribution in [0.2, 0.25) is 19.6 Å². The Labute approximate surface area is 169 Å². The van der Waals surface area contributed by atoms with E-state index in [0.29, 0.717) is 0 Å². The van der Waals surface area contributed by atoms with Crippen LogP contribution in [0.4, 0.5) is 0 Å². The van der Waals surface area contributed by atoms with Gasteiger partial charge < -0.3 is 0 Å². The van der Waals surface area contributed by atoms with Crippen molar-refractivity contribution in [3.05, 3.63) is 60.2 Å². The largest absolute Gasteiger partial charge is 0.221 e. The molecule has 0 bridgehead atoms. The second-order valence-corrected chi connectivity index (χ2v) is 16.1. The standard InChI is InChI=1S/C25H27NPSi/c1-16-14-15-17-10-9-13-20-22(17)21(16)23-24(27(20)3)25(28(4,5)6)18-11-7-8-12-19(18)26(23)2/h7-15H,1-6H3/q+1. The van der Waals surface area contributed by atoms with Gasteiger partial charge in [0, 0.05) is 16.8 Å². The summed E-state index contributed by atoms with van der Waals surface area (Å²) >= 11 is 0. The molecule has 1 aliphatic rings. The number of aryl methyl sites for hydroxylation is 2. The molecule has 5 rings (SSSR count). The van der Waals surface area contributed by atoms with Crippen LogP contribution < -0.4 is 20.4 Å². The highest BCUT2D eigenvalue weighted by atomic mass is 31.1. The molecular formula is C25H27NPSi+. The lowest BCUT2D eigenvalue weighted by molar-refractivity contribution is -0.632. The third-order valence-corrected chi connectivity index (χ3v) is 10.7. The molecule has 0 amide bonds. The number of hydrogen-bond acceptors (Lipinski definition) is 0. The maximum Gasteiger partial charge on any atom is 0.221 e. The summed E-state index contributed by atoms with van der Waals surface area (Å²) in [6.45, 7) is 12.3. The van der Waals surface area contributed by atoms with Crippen molar-refractivity contribution >= 4 is 53.5 Å². The van der Waals surface area contributed by atoms with Gasteiger partial charge in [0.25, 0.3) is 0 Å². The quantitative estimate of drug-likeness (QED) is 0.247. The molecule has 28 heavy (non-hydrogen) atoms. The third kappa shape index (κ3) is 2.31. The molecule has 1 nitrogen and oxygen atoms in total. The van der Waals surface area contributed by atoms with Gasteiger partial charge in [-0.3, -0.25) is 0 Å². The maximum absolute atomic E-state index is 2.51. The van der Waals surface area contributed by atoms with E-state index in [2.05, 4.69) is 99.4 Å². The second-order valence-electron chi connectivity index (χ2n) is 9.09. The molecule has 4 aromatic rings. The van der Waals surface area contributed by atoms with Gasteiger partial charge in [-0.15, -0.1) is 0 Å². The monoisotopic (exact) mass is 400 g/mol. The van der Waals surface area contributed by atoms with Crippen LogP contribution in [0.5, 0.6) is 0 Å². The molecule has 1 aliphatic heterocycles. The summed E-state index contributed by atoms with van der Waals surface area (Å²) in [6.07, 6.45) is 0. The summed E-state index contributed by atoms with van der Waals surface area (Å²) in [7, 11) is 0.322. The molecule has 0 spiro atoms. The predicted octanol–water partition coefficient (Wildman–Crippen LogP) is 4.71. The topological polar surface area (TPSA) is 3.88 Å². The molecule has 1 unspecified atom stereocenters. The fourth-order valence-electron chi connectivity index (χ4n) is 5.04. The minimum atomic E-state index is -1.56. The number of nitrogens with zero attached hydrogens (tertiary/aromatic N) is 1. The van der Waals surface area contributed by atoms with E-state index >= 15 is 0 Å². The lowest BCUT2D eigenvalue weighted by Crippen LogP contribution is -2.54. The van der Waals surface area contributed by atoms with Gasteiger partial charge in [0.2, 0.25) is 11.2 Å². The molecule has 1 atom stereocenters. The molecule has 0 radical (unpaired) electrons. The van der Waals surface area contributed by atoms with Gasteiger partial charge >= 0.3 is 0 Å². The zero-order valence-corrected chi connectivity index (χ0v) is 19.5. The number of aromatic nitrogens is 1. The molecule has 0 aliphatic carbocycles. The van der Waals surface area contributed by atoms with E-state index in [1.54, 1.807) is 15.8 Å². The number of fused-ring (bicyclic) bond motifs is 3. The highest BCUT2D eigenvalue weighted by Gasteiger charge is 2.38. The number of para-hydroxylation sites is 1. The fraction of sp³-hybridized carbons (Fsp3) is 0.240. The van der Waals surface area contributed by atoms with Crippen molar-refractivity contribution in [3.63, 3.8) is 0 Å². The van der Waals surface area contributed by atoms with Crippen molar-refractivity contribution in [2.75, 3.05) is 6.66 Å². The van der Waals surface area contributed by atoms with Crippen molar-refractivity contribution in [2.24, 2.45) is 7.05 Å². The average molecular weight is 401 g/mol. The molecule has 0 fully saturated rings. The lowest BCUT2D eigenvalue weighted by Gasteiger charge is -2.32. The smallest absolute Gasteiger partial charge is 0.194 e. The molecule has 0 saturated carbocycles. The van der Waals surface area contributed by atoms with Crippen molar-refractivity contribution in [1.29, 1.82) is 0 Å². The van der Waals surface area contributed by atoms with E-state index in [0.717, 1.165) is 0 Å². The molecule has 1 aromatic heterocycles. The zero-order chi connectivity index (χ0) is 19.8. The number of hydrogen-bond donors (Lipinski definition) is 0. The van der Waals surface area contributed by atoms with Crippen LogP contribution in [0.25, 0.3) is 32.9 Å². The van der Waals surface area contributed by atoms with E-state index in [9.17, 15) is 0 Å². The summed E-state index contributed by atoms with van der Waals surface area (Å²) in [6, 6.07) is 20.5. The first kappa shape index (κ1) is 18.0. The summed E-state index contributed by atoms with van der Waals surface area (Å²) in [5.41, 5.74) is 5.66. The van der Waals surface area contributed by atoms with Crippen molar-refractivity contribution in [1.82, 2.24) is 0 Å². The van der Waals surface area contributed by atoms with E-state index in [1.807, 2.05) is 0 Å². The van der Waals surface area contributed by atoms with Crippen molar-refractivity contribution < 1.29 is 4.57 Å². The molecular weight excluding hydrogens is 373 g/mol. The van der Waals surface area contributed by atoms with Gasteiger partial charge in [0.05, 0.1) is 18.9 Å². The van der Waals surface area contributed by atoms with E-state index < -0.39 is 8.07 Å². The Kier molecular flexibility index (Phi) is 3.86. The van der Waals surface area contributed by atoms with Gasteiger partial charge in [0.15, 0.2) is 0 Å². The fourth-order valence-corrected chi connectivity index (χ4v) is 10.6. The number of rotatable bonds is 1. The lowest BCUT2D eigenvalue weighted by atomic mass is 9.95. The first-order valence-electron chi connectivity index (χ1n) is 10.0. The number of pyridine rings is 1. The van der Waals surface area contributed by atoms with Crippen LogP contribution in [0.3, 0.4) is 0 Å². The molecule has 3 aromatic carbocycles. The van der Waals surface area contributed by atoms with Gasteiger partial charge in [-0.2, -0.15) is 4.57 Å². The Morgan fingerprint density at radius 3 is 2.39 bits per heavy atom. The van der Waals surface area contributed by atoms with E-state index in [-0.39, 0.29) is 7.92 Å². The summed E-state index contributed by atoms with van der Waals surface area (Å²) < 4.78 is 2.48. The van der Waals surface area contributed by atoms with Crippen LogP contribution in [0.1, 0.15) is 5.56 Å². The Morgan fingerprint density at radius 1 is 0.893 bits per heavy atom. The van der Waals surface area contributed by atoms with Crippen LogP contribution in [0, 0.1) is 6.92 Å². The average Bonchev–Trinajstić information content (AvgIpc) is 2.66. The molecule has 3 heteroatoms. The maximum atomic E-state index is 2.51. The van der Waals surface area contributed by atoms with Gasteiger partial charge in [-0.05, 0) is 49.0 Å². The number of benzene rings is 3. The second kappa shape index (κ2) is 5.99. The van der Waals surface area contributed by atoms with Crippen molar-refractivity contribution in [3.8, 4) is 11.3 Å². The van der Waals surface area contributed by atoms with E-state index in [1.165, 1.54) is 38.5 Å². The highest BCUT2D eigenvalue weighted by Crippen LogP contribution is 2.44. The Balaban J connectivity index is 2.11. The third-order valence-electron chi connectivity index (χ3n) is 6.25. The molecule has 0 saturated heterocycles. The first-order chi connectivity index (χ1) is 13.3. The van der Waals surface area contributed by atoms with Crippen LogP contribution >= 0.6 is 7.92 Å². The Morgan fingerprint density at radius 2 is 1.64 bits per heavy atom. The van der Waals surface area contributed by atoms with Crippen LogP contribution in [0.15, 0.2) is 54.6 Å². The van der Waals surface area contributed by atoms with Gasteiger partial charge in [-0.1, -0.05) is 62.1 Å². The molecule has 2 heterocycles. The predicted molar refractivity (Wildman–Crippen MR) is 128 cm³/mol. The Bertz CT molecular complexity index is 1280. The van der Waals surface area contributed by atoms with E-state index in [4.69, 9.17) is 0 Å². The zero-order valence-electron chi connectivity index (χ0n) is 17.6. The molecule has 0 N–H and O–H groups in total. The summed E-state index contributed by atoms with van der Waals surface area (Å²) in [5, 5.41) is 9.16. The first-order valence-corrected chi connectivity index (χ1v) is 15.3. The molecule has 140 valence electrons. The highest BCUT2D eigenvalue weighted by molar-refractivity contribution is 7.74. The normalized spacial score (nSPS) is 15.9. The van der Waals surface area contributed by atoms with Crippen molar-refractivity contribution in [2.45, 2.75) is 26.6 Å². The van der Waals surface area contributed by atoms with Gasteiger partial charge in [-0.25, -0.2) is 0 Å². The summed E-state index contributed by atoms with van der Waals surface area (Å²) in [4.78, 5) is 0. The van der Waals surface area contributed by atoms with Crippen LogP contribution in [-0.4, -0.2) is 14.7 Å². The minimum absolute atomic E-state index is 0.386. The van der Waals surface area contributed by atoms with Gasteiger partial charge in [0.1, 0.15) is 7.05 Å². The Hall–Kier alpha value is -2.02.